The minimum absolute atomic E-state index is 0.0255. The summed E-state index contributed by atoms with van der Waals surface area (Å²) in [6, 6.07) is 5.32. The molecule has 1 heterocycles. The van der Waals surface area contributed by atoms with Crippen LogP contribution in [0.3, 0.4) is 0 Å². The van der Waals surface area contributed by atoms with Crippen LogP contribution in [0.25, 0.3) is 11.1 Å². The Morgan fingerprint density at radius 2 is 2.17 bits per heavy atom. The van der Waals surface area contributed by atoms with Gasteiger partial charge in [0, 0.05) is 19.3 Å². The van der Waals surface area contributed by atoms with Crippen LogP contribution in [0.15, 0.2) is 35.2 Å². The number of aryl methyl sites for hydroxylation is 1. The van der Waals surface area contributed by atoms with Crippen LogP contribution in [0.5, 0.6) is 0 Å². The second kappa shape index (κ2) is 4.74. The fourth-order valence-corrected chi connectivity index (χ4v) is 2.00. The summed E-state index contributed by atoms with van der Waals surface area (Å²) in [5, 5.41) is 9.44. The van der Waals surface area contributed by atoms with Gasteiger partial charge in [-0.3, -0.25) is 4.79 Å². The SMILES string of the molecule is [2H]c1cc(=O)c(-c2ccc(F)cc2C)c(CO)n1C. The van der Waals surface area contributed by atoms with E-state index in [1.807, 2.05) is 0 Å². The molecule has 0 saturated carbocycles. The van der Waals surface area contributed by atoms with Gasteiger partial charge in [-0.2, -0.15) is 0 Å². The molecule has 0 aliphatic carbocycles. The van der Waals surface area contributed by atoms with Gasteiger partial charge in [-0.05, 0) is 30.2 Å². The highest BCUT2D eigenvalue weighted by Gasteiger charge is 2.13. The van der Waals surface area contributed by atoms with Gasteiger partial charge in [-0.25, -0.2) is 4.39 Å². The molecule has 0 fully saturated rings. The van der Waals surface area contributed by atoms with Gasteiger partial charge in [0.15, 0.2) is 5.43 Å². The average molecular weight is 248 g/mol. The Bertz CT molecular complexity index is 695. The third-order valence-electron chi connectivity index (χ3n) is 2.94. The summed E-state index contributed by atoms with van der Waals surface area (Å²) in [6.07, 6.45) is 0.0255. The fourth-order valence-electron chi connectivity index (χ4n) is 2.00. The number of benzene rings is 1. The molecule has 1 aromatic heterocycles. The molecule has 2 rings (SSSR count). The van der Waals surface area contributed by atoms with Gasteiger partial charge < -0.3 is 9.67 Å². The zero-order valence-electron chi connectivity index (χ0n) is 11.2. The largest absolute Gasteiger partial charge is 0.390 e. The Morgan fingerprint density at radius 3 is 2.78 bits per heavy atom. The summed E-state index contributed by atoms with van der Waals surface area (Å²) < 4.78 is 22.2. The molecular weight excluding hydrogens is 233 g/mol. The van der Waals surface area contributed by atoms with E-state index in [0.717, 1.165) is 0 Å². The Hall–Kier alpha value is -1.94. The lowest BCUT2D eigenvalue weighted by Gasteiger charge is -2.13. The van der Waals surface area contributed by atoms with Crippen LogP contribution in [-0.4, -0.2) is 9.67 Å². The van der Waals surface area contributed by atoms with Crippen molar-refractivity contribution in [1.29, 1.82) is 0 Å². The molecule has 0 atom stereocenters. The first-order valence-electron chi connectivity index (χ1n) is 6.02. The predicted molar refractivity (Wildman–Crippen MR) is 67.7 cm³/mol. The van der Waals surface area contributed by atoms with Crippen LogP contribution < -0.4 is 5.43 Å². The maximum atomic E-state index is 13.1. The quantitative estimate of drug-likeness (QED) is 0.883. The van der Waals surface area contributed by atoms with E-state index >= 15 is 0 Å². The van der Waals surface area contributed by atoms with Crippen molar-refractivity contribution in [2.45, 2.75) is 13.5 Å². The van der Waals surface area contributed by atoms with Crippen LogP contribution in [0, 0.1) is 12.7 Å². The molecule has 94 valence electrons. The summed E-state index contributed by atoms with van der Waals surface area (Å²) in [5.41, 5.74) is 1.52. The molecule has 0 aliphatic heterocycles. The lowest BCUT2D eigenvalue weighted by atomic mass is 9.98. The standard InChI is InChI=1S/C14H14FNO2/c1-9-7-10(15)3-4-11(9)14-12(8-17)16(2)6-5-13(14)18/h3-7,17H,8H2,1-2H3/i6D. The van der Waals surface area contributed by atoms with E-state index in [1.54, 1.807) is 14.0 Å². The number of nitrogens with zero attached hydrogens (tertiary/aromatic N) is 1. The monoisotopic (exact) mass is 248 g/mol. The molecule has 2 aromatic rings. The van der Waals surface area contributed by atoms with E-state index in [4.69, 9.17) is 1.37 Å². The molecule has 0 spiro atoms. The molecule has 4 heteroatoms. The van der Waals surface area contributed by atoms with Gasteiger partial charge in [0.1, 0.15) is 5.82 Å². The fraction of sp³-hybridized carbons (Fsp3) is 0.214. The molecule has 0 saturated heterocycles. The summed E-state index contributed by atoms with van der Waals surface area (Å²) in [5.74, 6) is -0.374. The molecule has 0 bridgehead atoms. The number of hydrogen-bond donors (Lipinski definition) is 1. The van der Waals surface area contributed by atoms with Crippen molar-refractivity contribution < 1.29 is 10.9 Å². The highest BCUT2D eigenvalue weighted by molar-refractivity contribution is 5.69. The second-order valence-corrected chi connectivity index (χ2v) is 4.14. The smallest absolute Gasteiger partial charge is 0.189 e. The van der Waals surface area contributed by atoms with Gasteiger partial charge in [0.05, 0.1) is 19.2 Å². The Balaban J connectivity index is 2.82. The van der Waals surface area contributed by atoms with Crippen molar-refractivity contribution in [3.8, 4) is 11.1 Å². The van der Waals surface area contributed by atoms with Crippen molar-refractivity contribution in [3.05, 3.63) is 57.7 Å². The molecule has 0 radical (unpaired) electrons. The van der Waals surface area contributed by atoms with E-state index in [0.29, 0.717) is 22.4 Å². The lowest BCUT2D eigenvalue weighted by Crippen LogP contribution is -2.14. The number of hydrogen-bond acceptors (Lipinski definition) is 2. The first kappa shape index (κ1) is 11.2. The van der Waals surface area contributed by atoms with Crippen LogP contribution in [0.2, 0.25) is 0 Å². The number of rotatable bonds is 2. The van der Waals surface area contributed by atoms with Crippen molar-refractivity contribution in [2.24, 2.45) is 7.05 Å². The molecule has 0 unspecified atom stereocenters. The number of aromatic nitrogens is 1. The van der Waals surface area contributed by atoms with Crippen molar-refractivity contribution in [2.75, 3.05) is 0 Å². The summed E-state index contributed by atoms with van der Waals surface area (Å²) in [6.45, 7) is 1.35. The van der Waals surface area contributed by atoms with Crippen LogP contribution in [-0.2, 0) is 13.7 Å². The zero-order chi connectivity index (χ0) is 14.2. The van der Waals surface area contributed by atoms with Gasteiger partial charge in [0.2, 0.25) is 0 Å². The first-order chi connectivity index (χ1) is 8.95. The second-order valence-electron chi connectivity index (χ2n) is 4.14. The zero-order valence-corrected chi connectivity index (χ0v) is 10.2. The van der Waals surface area contributed by atoms with Gasteiger partial charge in [-0.15, -0.1) is 0 Å². The minimum atomic E-state index is -0.374. The average Bonchev–Trinajstić information content (AvgIpc) is 2.34. The first-order valence-corrected chi connectivity index (χ1v) is 5.52. The highest BCUT2D eigenvalue weighted by Crippen LogP contribution is 2.24. The summed E-state index contributed by atoms with van der Waals surface area (Å²) in [7, 11) is 1.61. The van der Waals surface area contributed by atoms with E-state index in [2.05, 4.69) is 0 Å². The maximum absolute atomic E-state index is 13.1. The van der Waals surface area contributed by atoms with Gasteiger partial charge >= 0.3 is 0 Å². The maximum Gasteiger partial charge on any atom is 0.189 e. The lowest BCUT2D eigenvalue weighted by molar-refractivity contribution is 0.272. The number of aliphatic hydroxyl groups excluding tert-OH is 1. The van der Waals surface area contributed by atoms with E-state index in [1.165, 1.54) is 28.8 Å². The normalized spacial score (nSPS) is 11.4. The topological polar surface area (TPSA) is 42.2 Å². The minimum Gasteiger partial charge on any atom is -0.390 e. The molecular formula is C14H14FNO2. The number of pyridine rings is 1. The van der Waals surface area contributed by atoms with Crippen molar-refractivity contribution in [3.63, 3.8) is 0 Å². The van der Waals surface area contributed by atoms with E-state index in [9.17, 15) is 14.3 Å². The number of halogens is 1. The third-order valence-corrected chi connectivity index (χ3v) is 2.94. The third kappa shape index (κ3) is 2.07. The van der Waals surface area contributed by atoms with E-state index < -0.39 is 0 Å². The van der Waals surface area contributed by atoms with E-state index in [-0.39, 0.29) is 24.0 Å². The van der Waals surface area contributed by atoms with Crippen molar-refractivity contribution in [1.82, 2.24) is 4.57 Å². The predicted octanol–water partition coefficient (Wildman–Crippen LogP) is 1.99. The van der Waals surface area contributed by atoms with Gasteiger partial charge in [0.25, 0.3) is 0 Å². The van der Waals surface area contributed by atoms with Crippen LogP contribution in [0.4, 0.5) is 4.39 Å². The van der Waals surface area contributed by atoms with Crippen LogP contribution in [0.1, 0.15) is 12.6 Å². The number of aliphatic hydroxyl groups is 1. The Morgan fingerprint density at radius 1 is 1.44 bits per heavy atom. The molecule has 1 N–H and O–H groups in total. The summed E-state index contributed by atoms with van der Waals surface area (Å²) >= 11 is 0. The Kier molecular flexibility index (Phi) is 2.94. The molecule has 0 aliphatic rings. The van der Waals surface area contributed by atoms with Gasteiger partial charge in [-0.1, -0.05) is 6.07 Å². The van der Waals surface area contributed by atoms with Crippen molar-refractivity contribution >= 4 is 0 Å². The highest BCUT2D eigenvalue weighted by atomic mass is 19.1. The van der Waals surface area contributed by atoms with Crippen LogP contribution >= 0.6 is 0 Å². The summed E-state index contributed by atoms with van der Waals surface area (Å²) in [4.78, 5) is 12.1. The Labute approximate surface area is 106 Å². The molecule has 0 amide bonds. The molecule has 1 aromatic carbocycles. The molecule has 18 heavy (non-hydrogen) atoms. The molecule has 3 nitrogen and oxygen atoms in total.